The van der Waals surface area contributed by atoms with Gasteiger partial charge in [0.25, 0.3) is 5.91 Å². The highest BCUT2D eigenvalue weighted by Gasteiger charge is 2.25. The number of carbonyl (C=O) groups is 2. The molecule has 0 bridgehead atoms. The lowest BCUT2D eigenvalue weighted by molar-refractivity contribution is 0.0472. The summed E-state index contributed by atoms with van der Waals surface area (Å²) in [6.07, 6.45) is 1.80. The number of esters is 1. The van der Waals surface area contributed by atoms with Crippen molar-refractivity contribution in [3.05, 3.63) is 89.7 Å². The molecule has 2 aromatic carbocycles. The lowest BCUT2D eigenvalue weighted by Gasteiger charge is -2.36. The van der Waals surface area contributed by atoms with E-state index < -0.39 is 5.97 Å². The number of nitrogens with zero attached hydrogens (tertiary/aromatic N) is 3. The van der Waals surface area contributed by atoms with Crippen LogP contribution in [0.3, 0.4) is 0 Å². The summed E-state index contributed by atoms with van der Waals surface area (Å²) >= 11 is 0. The number of benzene rings is 2. The summed E-state index contributed by atoms with van der Waals surface area (Å²) in [6, 6.07) is 20.6. The van der Waals surface area contributed by atoms with Crippen LogP contribution in [-0.2, 0) is 11.3 Å². The molecule has 0 aliphatic carbocycles. The van der Waals surface area contributed by atoms with Crippen LogP contribution in [0, 0.1) is 0 Å². The van der Waals surface area contributed by atoms with Crippen molar-refractivity contribution in [3.63, 3.8) is 0 Å². The predicted octanol–water partition coefficient (Wildman–Crippen LogP) is 4.31. The highest BCUT2D eigenvalue weighted by molar-refractivity contribution is 6.00. The molecule has 2 N–H and O–H groups in total. The van der Waals surface area contributed by atoms with E-state index in [1.807, 2.05) is 53.4 Å². The van der Waals surface area contributed by atoms with Crippen molar-refractivity contribution in [1.82, 2.24) is 14.9 Å². The monoisotopic (exact) mass is 483 g/mol. The van der Waals surface area contributed by atoms with Crippen molar-refractivity contribution in [3.8, 4) is 0 Å². The molecule has 0 unspecified atom stereocenters. The number of nitrogens with one attached hydrogen (secondary N) is 2. The van der Waals surface area contributed by atoms with Gasteiger partial charge in [0, 0.05) is 49.8 Å². The minimum absolute atomic E-state index is 0.0491. The Bertz CT molecular complexity index is 1360. The van der Waals surface area contributed by atoms with Crippen molar-refractivity contribution in [1.29, 1.82) is 0 Å². The number of fused-ring (bicyclic) bond motifs is 1. The normalized spacial score (nSPS) is 13.6. The Kier molecular flexibility index (Phi) is 6.84. The molecule has 4 aromatic rings. The molecule has 8 nitrogen and oxygen atoms in total. The van der Waals surface area contributed by atoms with Crippen LogP contribution in [0.25, 0.3) is 10.9 Å². The van der Waals surface area contributed by atoms with Gasteiger partial charge in [-0.3, -0.25) is 4.79 Å². The quantitative estimate of drug-likeness (QED) is 0.381. The lowest BCUT2D eigenvalue weighted by atomic mass is 10.1. The van der Waals surface area contributed by atoms with Gasteiger partial charge < -0.3 is 24.8 Å². The van der Waals surface area contributed by atoms with Gasteiger partial charge in [-0.15, -0.1) is 0 Å². The standard InChI is InChI=1S/C28H29N5O3/c1-2-29-24-9-6-12-30-26(24)32-13-15-33(16-14-32)27(34)25-18-22-17-21(10-11-23(22)31-25)28(35)36-19-20-7-4-3-5-8-20/h3-12,17-18,29,31H,2,13-16,19H2,1H3. The maximum atomic E-state index is 13.2. The highest BCUT2D eigenvalue weighted by atomic mass is 16.5. The number of anilines is 2. The number of rotatable bonds is 7. The van der Waals surface area contributed by atoms with Crippen LogP contribution in [-0.4, -0.2) is 59.5 Å². The average molecular weight is 484 g/mol. The summed E-state index contributed by atoms with van der Waals surface area (Å²) in [6.45, 7) is 5.72. The van der Waals surface area contributed by atoms with Gasteiger partial charge in [-0.25, -0.2) is 9.78 Å². The SMILES string of the molecule is CCNc1cccnc1N1CCN(C(=O)c2cc3cc(C(=O)OCc4ccccc4)ccc3[nH]2)CC1. The number of aromatic amines is 1. The minimum atomic E-state index is -0.391. The first-order valence-corrected chi connectivity index (χ1v) is 12.2. The molecular weight excluding hydrogens is 454 g/mol. The Balaban J connectivity index is 1.23. The van der Waals surface area contributed by atoms with E-state index in [-0.39, 0.29) is 12.5 Å². The van der Waals surface area contributed by atoms with Gasteiger partial charge in [-0.2, -0.15) is 0 Å². The van der Waals surface area contributed by atoms with Crippen molar-refractivity contribution < 1.29 is 14.3 Å². The number of carbonyl (C=O) groups excluding carboxylic acids is 2. The Labute approximate surface area is 209 Å². The van der Waals surface area contributed by atoms with Crippen LogP contribution >= 0.6 is 0 Å². The van der Waals surface area contributed by atoms with Gasteiger partial charge in [0.15, 0.2) is 5.82 Å². The van der Waals surface area contributed by atoms with Crippen LogP contribution in [0.15, 0.2) is 72.9 Å². The van der Waals surface area contributed by atoms with Gasteiger partial charge in [0.2, 0.25) is 0 Å². The summed E-state index contributed by atoms with van der Waals surface area (Å²) in [5, 5.41) is 4.15. The molecular formula is C28H29N5O3. The van der Waals surface area contributed by atoms with Crippen LogP contribution < -0.4 is 10.2 Å². The van der Waals surface area contributed by atoms with E-state index in [0.717, 1.165) is 34.5 Å². The average Bonchev–Trinajstić information content (AvgIpc) is 3.36. The van der Waals surface area contributed by atoms with E-state index in [4.69, 9.17) is 4.74 Å². The van der Waals surface area contributed by atoms with Gasteiger partial charge in [-0.1, -0.05) is 30.3 Å². The number of hydrogen-bond acceptors (Lipinski definition) is 6. The maximum absolute atomic E-state index is 13.2. The van der Waals surface area contributed by atoms with E-state index >= 15 is 0 Å². The van der Waals surface area contributed by atoms with E-state index in [1.54, 1.807) is 24.4 Å². The first kappa shape index (κ1) is 23.4. The molecule has 0 saturated carbocycles. The fraction of sp³-hybridized carbons (Fsp3) is 0.250. The first-order valence-electron chi connectivity index (χ1n) is 12.2. The summed E-state index contributed by atoms with van der Waals surface area (Å²) in [7, 11) is 0. The third-order valence-corrected chi connectivity index (χ3v) is 6.32. The molecule has 2 aromatic heterocycles. The smallest absolute Gasteiger partial charge is 0.338 e. The van der Waals surface area contributed by atoms with Gasteiger partial charge in [-0.05, 0) is 48.9 Å². The minimum Gasteiger partial charge on any atom is -0.457 e. The van der Waals surface area contributed by atoms with Gasteiger partial charge in [0.05, 0.1) is 11.3 Å². The predicted molar refractivity (Wildman–Crippen MR) is 140 cm³/mol. The second-order valence-corrected chi connectivity index (χ2v) is 8.73. The molecule has 1 saturated heterocycles. The zero-order valence-corrected chi connectivity index (χ0v) is 20.2. The molecule has 0 radical (unpaired) electrons. The number of H-pyrrole nitrogens is 1. The van der Waals surface area contributed by atoms with Crippen LogP contribution in [0.4, 0.5) is 11.5 Å². The zero-order chi connectivity index (χ0) is 24.9. The fourth-order valence-corrected chi connectivity index (χ4v) is 4.45. The van der Waals surface area contributed by atoms with Crippen molar-refractivity contribution in [2.45, 2.75) is 13.5 Å². The molecule has 1 amide bonds. The first-order chi connectivity index (χ1) is 17.6. The van der Waals surface area contributed by atoms with Crippen molar-refractivity contribution in [2.75, 3.05) is 42.9 Å². The highest BCUT2D eigenvalue weighted by Crippen LogP contribution is 2.25. The maximum Gasteiger partial charge on any atom is 0.338 e. The molecule has 5 rings (SSSR count). The number of piperazine rings is 1. The van der Waals surface area contributed by atoms with E-state index in [0.29, 0.717) is 37.4 Å². The summed E-state index contributed by atoms with van der Waals surface area (Å²) in [4.78, 5) is 37.6. The molecule has 1 aliphatic heterocycles. The molecule has 3 heterocycles. The summed E-state index contributed by atoms with van der Waals surface area (Å²) in [5.74, 6) is 0.480. The fourth-order valence-electron chi connectivity index (χ4n) is 4.45. The molecule has 184 valence electrons. The van der Waals surface area contributed by atoms with Crippen molar-refractivity contribution in [2.24, 2.45) is 0 Å². The molecule has 0 atom stereocenters. The summed E-state index contributed by atoms with van der Waals surface area (Å²) < 4.78 is 5.44. The number of pyridine rings is 1. The second-order valence-electron chi connectivity index (χ2n) is 8.73. The third kappa shape index (κ3) is 5.02. The topological polar surface area (TPSA) is 90.6 Å². The zero-order valence-electron chi connectivity index (χ0n) is 20.2. The Morgan fingerprint density at radius 2 is 1.81 bits per heavy atom. The third-order valence-electron chi connectivity index (χ3n) is 6.32. The molecule has 0 spiro atoms. The molecule has 1 fully saturated rings. The summed E-state index contributed by atoms with van der Waals surface area (Å²) in [5.41, 5.74) is 3.72. The van der Waals surface area contributed by atoms with Crippen LogP contribution in [0.1, 0.15) is 33.3 Å². The molecule has 36 heavy (non-hydrogen) atoms. The number of ether oxygens (including phenoxy) is 1. The van der Waals surface area contributed by atoms with Crippen molar-refractivity contribution >= 4 is 34.3 Å². The number of aromatic nitrogens is 2. The number of hydrogen-bond donors (Lipinski definition) is 2. The Hall–Kier alpha value is -4.33. The van der Waals surface area contributed by atoms with Crippen LogP contribution in [0.2, 0.25) is 0 Å². The van der Waals surface area contributed by atoms with E-state index in [9.17, 15) is 9.59 Å². The van der Waals surface area contributed by atoms with E-state index in [2.05, 4.69) is 27.1 Å². The Morgan fingerprint density at radius 3 is 2.58 bits per heavy atom. The Morgan fingerprint density at radius 1 is 1.00 bits per heavy atom. The van der Waals surface area contributed by atoms with Gasteiger partial charge in [0.1, 0.15) is 12.3 Å². The lowest BCUT2D eigenvalue weighted by Crippen LogP contribution is -2.49. The largest absolute Gasteiger partial charge is 0.457 e. The van der Waals surface area contributed by atoms with Gasteiger partial charge >= 0.3 is 5.97 Å². The molecule has 1 aliphatic rings. The number of amides is 1. The van der Waals surface area contributed by atoms with E-state index in [1.165, 1.54) is 0 Å². The second kappa shape index (κ2) is 10.5. The van der Waals surface area contributed by atoms with Crippen LogP contribution in [0.5, 0.6) is 0 Å². The molecule has 8 heteroatoms.